The van der Waals surface area contributed by atoms with Crippen molar-refractivity contribution >= 4 is 16.8 Å². The number of para-hydroxylation sites is 1. The van der Waals surface area contributed by atoms with Gasteiger partial charge in [-0.3, -0.25) is 9.78 Å². The number of nitrogens with zero attached hydrogens (tertiary/aromatic N) is 3. The molecule has 1 aliphatic heterocycles. The minimum Gasteiger partial charge on any atom is -0.372 e. The van der Waals surface area contributed by atoms with Crippen molar-refractivity contribution in [2.75, 3.05) is 13.1 Å². The molecule has 5 nitrogen and oxygen atoms in total. The third-order valence-corrected chi connectivity index (χ3v) is 4.63. The van der Waals surface area contributed by atoms with E-state index >= 15 is 0 Å². The van der Waals surface area contributed by atoms with Gasteiger partial charge in [-0.1, -0.05) is 18.2 Å². The SMILES string of the molecule is C[C@@H]1CN(C(=O)c2cc(-c3ccncc3)nc3ccccc23)C[C@@H](C)O1. The third kappa shape index (κ3) is 3.18. The highest BCUT2D eigenvalue weighted by atomic mass is 16.5. The molecule has 0 spiro atoms. The summed E-state index contributed by atoms with van der Waals surface area (Å²) in [5.74, 6) is 0.0286. The Bertz CT molecular complexity index is 932. The maximum atomic E-state index is 13.3. The summed E-state index contributed by atoms with van der Waals surface area (Å²) in [7, 11) is 0. The molecule has 0 N–H and O–H groups in total. The highest BCUT2D eigenvalue weighted by molar-refractivity contribution is 6.07. The Kier molecular flexibility index (Phi) is 4.39. The van der Waals surface area contributed by atoms with Gasteiger partial charge in [0.1, 0.15) is 0 Å². The zero-order valence-corrected chi connectivity index (χ0v) is 14.9. The number of hydrogen-bond acceptors (Lipinski definition) is 4. The zero-order chi connectivity index (χ0) is 18.1. The van der Waals surface area contributed by atoms with E-state index < -0.39 is 0 Å². The van der Waals surface area contributed by atoms with Gasteiger partial charge in [0.15, 0.2) is 0 Å². The fraction of sp³-hybridized carbons (Fsp3) is 0.286. The molecule has 1 aliphatic rings. The van der Waals surface area contributed by atoms with Crippen LogP contribution in [-0.2, 0) is 4.74 Å². The molecule has 0 radical (unpaired) electrons. The van der Waals surface area contributed by atoms with E-state index in [9.17, 15) is 4.79 Å². The van der Waals surface area contributed by atoms with Gasteiger partial charge in [0.25, 0.3) is 5.91 Å². The lowest BCUT2D eigenvalue weighted by Gasteiger charge is -2.35. The first-order chi connectivity index (χ1) is 12.6. The molecule has 2 aromatic heterocycles. The van der Waals surface area contributed by atoms with Gasteiger partial charge in [-0.15, -0.1) is 0 Å². The highest BCUT2D eigenvalue weighted by Gasteiger charge is 2.28. The van der Waals surface area contributed by atoms with E-state index in [2.05, 4.69) is 4.98 Å². The van der Waals surface area contributed by atoms with Gasteiger partial charge in [-0.25, -0.2) is 4.98 Å². The quantitative estimate of drug-likeness (QED) is 0.711. The van der Waals surface area contributed by atoms with Gasteiger partial charge in [-0.2, -0.15) is 0 Å². The summed E-state index contributed by atoms with van der Waals surface area (Å²) in [4.78, 5) is 24.0. The summed E-state index contributed by atoms with van der Waals surface area (Å²) < 4.78 is 5.77. The summed E-state index contributed by atoms with van der Waals surface area (Å²) in [6.07, 6.45) is 3.55. The van der Waals surface area contributed by atoms with Crippen molar-refractivity contribution in [2.24, 2.45) is 0 Å². The van der Waals surface area contributed by atoms with Crippen LogP contribution in [0.15, 0.2) is 54.9 Å². The second-order valence-electron chi connectivity index (χ2n) is 6.78. The predicted octanol–water partition coefficient (Wildman–Crippen LogP) is 3.55. The number of morpholine rings is 1. The Morgan fingerprint density at radius 3 is 2.50 bits per heavy atom. The molecule has 0 aliphatic carbocycles. The first kappa shape index (κ1) is 16.7. The van der Waals surface area contributed by atoms with Crippen LogP contribution in [0.25, 0.3) is 22.2 Å². The van der Waals surface area contributed by atoms with Crippen molar-refractivity contribution in [3.63, 3.8) is 0 Å². The summed E-state index contributed by atoms with van der Waals surface area (Å²) in [6.45, 7) is 5.21. The number of hydrogen-bond donors (Lipinski definition) is 0. The fourth-order valence-corrected chi connectivity index (χ4v) is 3.54. The van der Waals surface area contributed by atoms with Crippen LogP contribution in [0.5, 0.6) is 0 Å². The van der Waals surface area contributed by atoms with Crippen LogP contribution in [0, 0.1) is 0 Å². The number of carbonyl (C=O) groups excluding carboxylic acids is 1. The monoisotopic (exact) mass is 347 g/mol. The molecule has 2 atom stereocenters. The van der Waals surface area contributed by atoms with Crippen molar-refractivity contribution in [3.8, 4) is 11.3 Å². The molecule has 0 bridgehead atoms. The molecule has 26 heavy (non-hydrogen) atoms. The van der Waals surface area contributed by atoms with Crippen LogP contribution >= 0.6 is 0 Å². The number of fused-ring (bicyclic) bond motifs is 1. The van der Waals surface area contributed by atoms with E-state index in [1.807, 2.05) is 61.2 Å². The van der Waals surface area contributed by atoms with Gasteiger partial charge in [0.05, 0.1) is 29.0 Å². The number of ether oxygens (including phenoxy) is 1. The topological polar surface area (TPSA) is 55.3 Å². The van der Waals surface area contributed by atoms with E-state index in [4.69, 9.17) is 9.72 Å². The number of benzene rings is 1. The molecule has 3 heterocycles. The first-order valence-electron chi connectivity index (χ1n) is 8.87. The fourth-order valence-electron chi connectivity index (χ4n) is 3.54. The van der Waals surface area contributed by atoms with Gasteiger partial charge >= 0.3 is 0 Å². The van der Waals surface area contributed by atoms with Gasteiger partial charge in [0, 0.05) is 36.4 Å². The molecular weight excluding hydrogens is 326 g/mol. The summed E-state index contributed by atoms with van der Waals surface area (Å²) in [5, 5.41) is 0.877. The Balaban J connectivity index is 1.81. The smallest absolute Gasteiger partial charge is 0.254 e. The highest BCUT2D eigenvalue weighted by Crippen LogP contribution is 2.26. The van der Waals surface area contributed by atoms with Gasteiger partial charge in [0.2, 0.25) is 0 Å². The molecule has 132 valence electrons. The average molecular weight is 347 g/mol. The van der Waals surface area contributed by atoms with Crippen LogP contribution < -0.4 is 0 Å². The molecule has 1 saturated heterocycles. The number of amides is 1. The Labute approximate surface area is 152 Å². The number of aromatic nitrogens is 2. The molecule has 4 rings (SSSR count). The third-order valence-electron chi connectivity index (χ3n) is 4.63. The molecule has 1 fully saturated rings. The Hall–Kier alpha value is -2.79. The van der Waals surface area contributed by atoms with Crippen LogP contribution in [0.4, 0.5) is 0 Å². The van der Waals surface area contributed by atoms with Crippen LogP contribution in [-0.4, -0.2) is 46.1 Å². The van der Waals surface area contributed by atoms with Crippen molar-refractivity contribution in [1.82, 2.24) is 14.9 Å². The molecule has 0 unspecified atom stereocenters. The lowest BCUT2D eigenvalue weighted by atomic mass is 10.0. The molecule has 3 aromatic rings. The summed E-state index contributed by atoms with van der Waals surface area (Å²) in [5.41, 5.74) is 3.23. The molecule has 0 saturated carbocycles. The lowest BCUT2D eigenvalue weighted by Crippen LogP contribution is -2.48. The molecule has 1 aromatic carbocycles. The summed E-state index contributed by atoms with van der Waals surface area (Å²) in [6, 6.07) is 13.5. The van der Waals surface area contributed by atoms with E-state index in [-0.39, 0.29) is 18.1 Å². The number of carbonyl (C=O) groups is 1. The number of rotatable bonds is 2. The first-order valence-corrected chi connectivity index (χ1v) is 8.87. The summed E-state index contributed by atoms with van der Waals surface area (Å²) >= 11 is 0. The maximum absolute atomic E-state index is 13.3. The predicted molar refractivity (Wildman–Crippen MR) is 101 cm³/mol. The van der Waals surface area contributed by atoms with Crippen LogP contribution in [0.2, 0.25) is 0 Å². The zero-order valence-electron chi connectivity index (χ0n) is 14.9. The Morgan fingerprint density at radius 1 is 1.08 bits per heavy atom. The van der Waals surface area contributed by atoms with Crippen LogP contribution in [0.1, 0.15) is 24.2 Å². The number of pyridine rings is 2. The lowest BCUT2D eigenvalue weighted by molar-refractivity contribution is -0.0585. The normalized spacial score (nSPS) is 20.3. The second kappa shape index (κ2) is 6.84. The van der Waals surface area contributed by atoms with E-state index in [1.165, 1.54) is 0 Å². The van der Waals surface area contributed by atoms with Crippen molar-refractivity contribution in [2.45, 2.75) is 26.1 Å². The minimum atomic E-state index is 0.0286. The van der Waals surface area contributed by atoms with E-state index in [0.717, 1.165) is 22.2 Å². The van der Waals surface area contributed by atoms with E-state index in [1.54, 1.807) is 12.4 Å². The van der Waals surface area contributed by atoms with Gasteiger partial charge < -0.3 is 9.64 Å². The second-order valence-corrected chi connectivity index (χ2v) is 6.78. The Morgan fingerprint density at radius 2 is 1.77 bits per heavy atom. The van der Waals surface area contributed by atoms with Crippen molar-refractivity contribution < 1.29 is 9.53 Å². The van der Waals surface area contributed by atoms with Gasteiger partial charge in [-0.05, 0) is 38.1 Å². The molecule has 5 heteroatoms. The largest absolute Gasteiger partial charge is 0.372 e. The van der Waals surface area contributed by atoms with Crippen molar-refractivity contribution in [3.05, 3.63) is 60.4 Å². The van der Waals surface area contributed by atoms with Crippen LogP contribution in [0.3, 0.4) is 0 Å². The molecular formula is C21H21N3O2. The molecule has 1 amide bonds. The van der Waals surface area contributed by atoms with E-state index in [0.29, 0.717) is 18.7 Å². The standard InChI is InChI=1S/C21H21N3O2/c1-14-12-24(13-15(2)26-14)21(25)18-11-20(16-7-9-22-10-8-16)23-19-6-4-3-5-17(18)19/h3-11,14-15H,12-13H2,1-2H3/t14-,15-/m1/s1. The van der Waals surface area contributed by atoms with Crippen molar-refractivity contribution in [1.29, 1.82) is 0 Å². The maximum Gasteiger partial charge on any atom is 0.254 e. The minimum absolute atomic E-state index is 0.0286. The average Bonchev–Trinajstić information content (AvgIpc) is 2.66.